The molecule has 1 aromatic heterocycles. The summed E-state index contributed by atoms with van der Waals surface area (Å²) in [5.74, 6) is 6.55. The highest BCUT2D eigenvalue weighted by atomic mass is 16.5. The van der Waals surface area contributed by atoms with Crippen LogP contribution in [0.1, 0.15) is 35.3 Å². The topological polar surface area (TPSA) is 65.1 Å². The molecule has 108 valence electrons. The van der Waals surface area contributed by atoms with Crippen LogP contribution in [0.25, 0.3) is 0 Å². The van der Waals surface area contributed by atoms with Crippen LogP contribution in [0, 0.1) is 13.8 Å². The number of hydrogen-bond donors (Lipinski definition) is 2. The number of rotatable bonds is 5. The number of aryl methyl sites for hydroxylation is 3. The molecule has 0 bridgehead atoms. The van der Waals surface area contributed by atoms with Gasteiger partial charge in [-0.05, 0) is 31.9 Å². The van der Waals surface area contributed by atoms with Crippen LogP contribution in [0.4, 0.5) is 0 Å². The Balaban J connectivity index is 2.54. The van der Waals surface area contributed by atoms with Crippen molar-refractivity contribution in [2.75, 3.05) is 7.11 Å². The molecule has 20 heavy (non-hydrogen) atoms. The third-order valence-electron chi connectivity index (χ3n) is 3.54. The number of benzene rings is 1. The Hall–Kier alpha value is -1.85. The SMILES string of the molecule is CCn1ncc(OC)c1C(NN)c1ccc(C)cc1C. The highest BCUT2D eigenvalue weighted by Crippen LogP contribution is 2.31. The second-order valence-electron chi connectivity index (χ2n) is 4.87. The molecule has 1 unspecified atom stereocenters. The van der Waals surface area contributed by atoms with E-state index in [1.807, 2.05) is 11.6 Å². The molecule has 0 amide bonds. The van der Waals surface area contributed by atoms with Crippen molar-refractivity contribution in [3.8, 4) is 5.75 Å². The largest absolute Gasteiger partial charge is 0.493 e. The molecule has 0 spiro atoms. The molecule has 5 heteroatoms. The Bertz CT molecular complexity index is 570. The Morgan fingerprint density at radius 2 is 2.15 bits per heavy atom. The summed E-state index contributed by atoms with van der Waals surface area (Å²) in [6.45, 7) is 6.98. The zero-order chi connectivity index (χ0) is 14.7. The van der Waals surface area contributed by atoms with Crippen molar-refractivity contribution in [2.24, 2.45) is 5.84 Å². The van der Waals surface area contributed by atoms with E-state index >= 15 is 0 Å². The van der Waals surface area contributed by atoms with Crippen LogP contribution in [0.3, 0.4) is 0 Å². The van der Waals surface area contributed by atoms with Crippen LogP contribution in [0.5, 0.6) is 5.75 Å². The Morgan fingerprint density at radius 3 is 2.70 bits per heavy atom. The minimum absolute atomic E-state index is 0.145. The van der Waals surface area contributed by atoms with E-state index in [2.05, 4.69) is 42.6 Å². The van der Waals surface area contributed by atoms with Gasteiger partial charge >= 0.3 is 0 Å². The van der Waals surface area contributed by atoms with Crippen LogP contribution in [0.2, 0.25) is 0 Å². The average Bonchev–Trinajstić information content (AvgIpc) is 2.85. The van der Waals surface area contributed by atoms with Crippen molar-refractivity contribution in [1.29, 1.82) is 0 Å². The smallest absolute Gasteiger partial charge is 0.161 e. The number of ether oxygens (including phenoxy) is 1. The average molecular weight is 274 g/mol. The lowest BCUT2D eigenvalue weighted by molar-refractivity contribution is 0.399. The zero-order valence-corrected chi connectivity index (χ0v) is 12.5. The van der Waals surface area contributed by atoms with Gasteiger partial charge in [0.05, 0.1) is 19.3 Å². The second kappa shape index (κ2) is 6.07. The molecule has 0 fully saturated rings. The van der Waals surface area contributed by atoms with Crippen LogP contribution < -0.4 is 16.0 Å². The number of hydrogen-bond acceptors (Lipinski definition) is 4. The Kier molecular flexibility index (Phi) is 4.42. The lowest BCUT2D eigenvalue weighted by Gasteiger charge is -2.21. The molecular formula is C15H22N4O. The van der Waals surface area contributed by atoms with E-state index in [1.54, 1.807) is 13.3 Å². The maximum absolute atomic E-state index is 5.80. The monoisotopic (exact) mass is 274 g/mol. The molecule has 0 aliphatic carbocycles. The van der Waals surface area contributed by atoms with Gasteiger partial charge in [-0.2, -0.15) is 5.10 Å². The highest BCUT2D eigenvalue weighted by Gasteiger charge is 2.23. The minimum Gasteiger partial charge on any atom is -0.493 e. The van der Waals surface area contributed by atoms with E-state index < -0.39 is 0 Å². The summed E-state index contributed by atoms with van der Waals surface area (Å²) >= 11 is 0. The molecule has 1 atom stereocenters. The molecule has 0 saturated heterocycles. The van der Waals surface area contributed by atoms with Crippen molar-refractivity contribution in [3.05, 3.63) is 46.8 Å². The standard InChI is InChI=1S/C15H22N4O/c1-5-19-15(13(20-4)9-17-19)14(18-16)12-7-6-10(2)8-11(12)3/h6-9,14,18H,5,16H2,1-4H3. The van der Waals surface area contributed by atoms with Gasteiger partial charge in [0.15, 0.2) is 5.75 Å². The Morgan fingerprint density at radius 1 is 1.40 bits per heavy atom. The van der Waals surface area contributed by atoms with Crippen LogP contribution >= 0.6 is 0 Å². The van der Waals surface area contributed by atoms with Crippen molar-refractivity contribution in [2.45, 2.75) is 33.4 Å². The van der Waals surface area contributed by atoms with Crippen molar-refractivity contribution < 1.29 is 4.74 Å². The first-order valence-corrected chi connectivity index (χ1v) is 6.75. The van der Waals surface area contributed by atoms with E-state index in [4.69, 9.17) is 10.6 Å². The van der Waals surface area contributed by atoms with Gasteiger partial charge in [0.25, 0.3) is 0 Å². The third-order valence-corrected chi connectivity index (χ3v) is 3.54. The Labute approximate surface area is 119 Å². The van der Waals surface area contributed by atoms with Gasteiger partial charge in [-0.15, -0.1) is 0 Å². The van der Waals surface area contributed by atoms with E-state index in [-0.39, 0.29) is 6.04 Å². The summed E-state index contributed by atoms with van der Waals surface area (Å²) in [5, 5.41) is 4.34. The molecular weight excluding hydrogens is 252 g/mol. The first kappa shape index (κ1) is 14.6. The predicted octanol–water partition coefficient (Wildman–Crippen LogP) is 2.08. The van der Waals surface area contributed by atoms with Gasteiger partial charge in [0, 0.05) is 6.54 Å². The lowest BCUT2D eigenvalue weighted by Crippen LogP contribution is -2.31. The number of methoxy groups -OCH3 is 1. The molecule has 0 radical (unpaired) electrons. The van der Waals surface area contributed by atoms with Gasteiger partial charge in [0.2, 0.25) is 0 Å². The summed E-state index contributed by atoms with van der Waals surface area (Å²) in [6.07, 6.45) is 1.73. The molecule has 2 rings (SSSR count). The quantitative estimate of drug-likeness (QED) is 0.647. The summed E-state index contributed by atoms with van der Waals surface area (Å²) in [4.78, 5) is 0. The second-order valence-corrected chi connectivity index (χ2v) is 4.87. The van der Waals surface area contributed by atoms with Gasteiger partial charge in [0.1, 0.15) is 5.69 Å². The van der Waals surface area contributed by atoms with Crippen LogP contribution in [0.15, 0.2) is 24.4 Å². The molecule has 1 aromatic carbocycles. The van der Waals surface area contributed by atoms with E-state index in [0.717, 1.165) is 23.6 Å². The zero-order valence-electron chi connectivity index (χ0n) is 12.5. The summed E-state index contributed by atoms with van der Waals surface area (Å²) in [7, 11) is 1.65. The minimum atomic E-state index is -0.145. The van der Waals surface area contributed by atoms with Gasteiger partial charge in [-0.1, -0.05) is 23.8 Å². The highest BCUT2D eigenvalue weighted by molar-refractivity contribution is 5.41. The molecule has 0 aliphatic rings. The number of nitrogens with two attached hydrogens (primary N) is 1. The number of nitrogens with zero attached hydrogens (tertiary/aromatic N) is 2. The van der Waals surface area contributed by atoms with E-state index in [0.29, 0.717) is 0 Å². The fourth-order valence-corrected chi connectivity index (χ4v) is 2.54. The maximum Gasteiger partial charge on any atom is 0.161 e. The van der Waals surface area contributed by atoms with Crippen molar-refractivity contribution in [3.63, 3.8) is 0 Å². The molecule has 0 saturated carbocycles. The number of nitrogens with one attached hydrogen (secondary N) is 1. The van der Waals surface area contributed by atoms with E-state index in [1.165, 1.54) is 11.1 Å². The third kappa shape index (κ3) is 2.55. The van der Waals surface area contributed by atoms with E-state index in [9.17, 15) is 0 Å². The summed E-state index contributed by atoms with van der Waals surface area (Å²) in [6, 6.07) is 6.19. The summed E-state index contributed by atoms with van der Waals surface area (Å²) in [5.41, 5.74) is 7.40. The first-order valence-electron chi connectivity index (χ1n) is 6.75. The maximum atomic E-state index is 5.80. The van der Waals surface area contributed by atoms with Crippen LogP contribution in [-0.2, 0) is 6.54 Å². The number of hydrazine groups is 1. The molecule has 1 heterocycles. The predicted molar refractivity (Wildman–Crippen MR) is 79.5 cm³/mol. The lowest BCUT2D eigenvalue weighted by atomic mass is 9.97. The van der Waals surface area contributed by atoms with Gasteiger partial charge in [-0.25, -0.2) is 5.43 Å². The molecule has 0 aliphatic heterocycles. The van der Waals surface area contributed by atoms with Gasteiger partial charge in [-0.3, -0.25) is 10.5 Å². The summed E-state index contributed by atoms with van der Waals surface area (Å²) < 4.78 is 7.32. The van der Waals surface area contributed by atoms with Crippen LogP contribution in [-0.4, -0.2) is 16.9 Å². The molecule has 3 N–H and O–H groups in total. The van der Waals surface area contributed by atoms with Crippen molar-refractivity contribution in [1.82, 2.24) is 15.2 Å². The van der Waals surface area contributed by atoms with Crippen molar-refractivity contribution >= 4 is 0 Å². The fourth-order valence-electron chi connectivity index (χ4n) is 2.54. The molecule has 2 aromatic rings. The molecule has 5 nitrogen and oxygen atoms in total. The van der Waals surface area contributed by atoms with Gasteiger partial charge < -0.3 is 4.74 Å². The fraction of sp³-hybridized carbons (Fsp3) is 0.400. The number of aromatic nitrogens is 2. The normalized spacial score (nSPS) is 12.4. The first-order chi connectivity index (χ1) is 9.62.